The van der Waals surface area contributed by atoms with Crippen LogP contribution in [0.25, 0.3) is 0 Å². The molecule has 1 heterocycles. The average molecular weight is 346 g/mol. The van der Waals surface area contributed by atoms with Crippen LogP contribution in [-0.4, -0.2) is 80.8 Å². The minimum atomic E-state index is -1.53. The summed E-state index contributed by atoms with van der Waals surface area (Å²) in [5, 5.41) is 49.1. The third-order valence-electron chi connectivity index (χ3n) is 4.85. The Hall–Kier alpha value is -0.870. The van der Waals surface area contributed by atoms with Gasteiger partial charge in [0.25, 0.3) is 0 Å². The quantitative estimate of drug-likeness (QED) is 0.405. The van der Waals surface area contributed by atoms with Crippen LogP contribution in [-0.2, 0) is 14.3 Å². The average Bonchev–Trinajstić information content (AvgIpc) is 2.54. The van der Waals surface area contributed by atoms with Gasteiger partial charge in [0.2, 0.25) is 0 Å². The Morgan fingerprint density at radius 3 is 2.54 bits per heavy atom. The molecule has 1 aliphatic heterocycles. The van der Waals surface area contributed by atoms with Crippen molar-refractivity contribution in [2.45, 2.75) is 63.0 Å². The van der Waals surface area contributed by atoms with Gasteiger partial charge in [-0.2, -0.15) is 0 Å². The number of Topliss-reactive ketones (excluding diaryl/α,β-unsaturated/α-hetero) is 1. The van der Waals surface area contributed by atoms with Gasteiger partial charge in [-0.3, -0.25) is 4.79 Å². The SMILES string of the molecule is CC1=CCC(C(C)(O)COC2OC(CO)C(O)C(O)C2O)CC1=O. The van der Waals surface area contributed by atoms with Crippen molar-refractivity contribution in [1.82, 2.24) is 0 Å². The Bertz CT molecular complexity index is 486. The second kappa shape index (κ2) is 7.57. The molecule has 8 heteroatoms. The van der Waals surface area contributed by atoms with E-state index in [1.807, 2.05) is 0 Å². The lowest BCUT2D eigenvalue weighted by Gasteiger charge is -2.41. The summed E-state index contributed by atoms with van der Waals surface area (Å²) < 4.78 is 10.6. The molecule has 138 valence electrons. The maximum atomic E-state index is 11.8. The molecule has 0 radical (unpaired) electrons. The van der Waals surface area contributed by atoms with Crippen LogP contribution in [0.1, 0.15) is 26.7 Å². The number of ether oxygens (including phenoxy) is 2. The van der Waals surface area contributed by atoms with Gasteiger partial charge in [0.15, 0.2) is 12.1 Å². The first-order valence-electron chi connectivity index (χ1n) is 8.02. The largest absolute Gasteiger partial charge is 0.394 e. The van der Waals surface area contributed by atoms with Gasteiger partial charge >= 0.3 is 0 Å². The van der Waals surface area contributed by atoms with Gasteiger partial charge in [-0.25, -0.2) is 0 Å². The van der Waals surface area contributed by atoms with E-state index in [1.54, 1.807) is 13.0 Å². The summed E-state index contributed by atoms with van der Waals surface area (Å²) in [6.45, 7) is 2.48. The Kier molecular flexibility index (Phi) is 6.14. The molecule has 0 aromatic heterocycles. The van der Waals surface area contributed by atoms with Crippen molar-refractivity contribution < 1.29 is 39.8 Å². The molecule has 7 unspecified atom stereocenters. The lowest BCUT2D eigenvalue weighted by atomic mass is 9.78. The molecule has 7 atom stereocenters. The van der Waals surface area contributed by atoms with Crippen molar-refractivity contribution >= 4 is 5.78 Å². The van der Waals surface area contributed by atoms with E-state index in [9.17, 15) is 25.2 Å². The smallest absolute Gasteiger partial charge is 0.186 e. The molecule has 2 rings (SSSR count). The molecule has 24 heavy (non-hydrogen) atoms. The second-order valence-electron chi connectivity index (χ2n) is 6.81. The van der Waals surface area contributed by atoms with Crippen LogP contribution in [0.3, 0.4) is 0 Å². The summed E-state index contributed by atoms with van der Waals surface area (Å²) in [6.07, 6.45) is -4.38. The van der Waals surface area contributed by atoms with Crippen molar-refractivity contribution in [2.24, 2.45) is 5.92 Å². The molecular formula is C16H26O8. The van der Waals surface area contributed by atoms with Crippen LogP contribution in [0, 0.1) is 5.92 Å². The molecule has 1 aliphatic carbocycles. The number of ketones is 1. The molecule has 0 spiro atoms. The molecule has 5 N–H and O–H groups in total. The monoisotopic (exact) mass is 346 g/mol. The number of hydrogen-bond acceptors (Lipinski definition) is 8. The van der Waals surface area contributed by atoms with Crippen molar-refractivity contribution in [3.05, 3.63) is 11.6 Å². The first-order chi connectivity index (χ1) is 11.2. The topological polar surface area (TPSA) is 137 Å². The predicted octanol–water partition coefficient (Wildman–Crippen LogP) is -1.52. The maximum Gasteiger partial charge on any atom is 0.186 e. The lowest BCUT2D eigenvalue weighted by Crippen LogP contribution is -2.59. The number of hydrogen-bond donors (Lipinski definition) is 5. The Morgan fingerprint density at radius 2 is 1.96 bits per heavy atom. The third kappa shape index (κ3) is 4.02. The number of rotatable bonds is 5. The highest BCUT2D eigenvalue weighted by atomic mass is 16.7. The highest BCUT2D eigenvalue weighted by molar-refractivity contribution is 5.95. The molecule has 0 aromatic carbocycles. The van der Waals surface area contributed by atoms with Gasteiger partial charge in [-0.05, 0) is 25.8 Å². The van der Waals surface area contributed by atoms with E-state index in [0.29, 0.717) is 12.0 Å². The lowest BCUT2D eigenvalue weighted by molar-refractivity contribution is -0.309. The Labute approximate surface area is 140 Å². The van der Waals surface area contributed by atoms with Gasteiger partial charge in [-0.1, -0.05) is 6.08 Å². The summed E-state index contributed by atoms with van der Waals surface area (Å²) in [5.41, 5.74) is -0.664. The van der Waals surface area contributed by atoms with Gasteiger partial charge in [0.05, 0.1) is 18.8 Å². The first kappa shape index (κ1) is 19.5. The molecule has 0 saturated carbocycles. The van der Waals surface area contributed by atoms with Crippen LogP contribution in [0.2, 0.25) is 0 Å². The van der Waals surface area contributed by atoms with Crippen LogP contribution >= 0.6 is 0 Å². The standard InChI is InChI=1S/C16H26O8/c1-8-3-4-9(5-10(8)18)16(2,22)7-23-15-14(21)13(20)12(19)11(6-17)24-15/h3,9,11-15,17,19-22H,4-7H2,1-2H3. The second-order valence-corrected chi connectivity index (χ2v) is 6.81. The fourth-order valence-corrected chi connectivity index (χ4v) is 2.95. The molecule has 2 aliphatic rings. The predicted molar refractivity (Wildman–Crippen MR) is 81.8 cm³/mol. The zero-order valence-corrected chi connectivity index (χ0v) is 13.8. The molecule has 1 saturated heterocycles. The highest BCUT2D eigenvalue weighted by Gasteiger charge is 2.45. The summed E-state index contributed by atoms with van der Waals surface area (Å²) >= 11 is 0. The first-order valence-corrected chi connectivity index (χ1v) is 8.02. The Balaban J connectivity index is 1.97. The minimum absolute atomic E-state index is 0.0284. The number of aliphatic hydroxyl groups excluding tert-OH is 4. The van der Waals surface area contributed by atoms with Crippen LogP contribution in [0.5, 0.6) is 0 Å². The zero-order chi connectivity index (χ0) is 18.1. The van der Waals surface area contributed by atoms with Gasteiger partial charge < -0.3 is 35.0 Å². The molecule has 0 bridgehead atoms. The molecular weight excluding hydrogens is 320 g/mol. The fourth-order valence-electron chi connectivity index (χ4n) is 2.95. The maximum absolute atomic E-state index is 11.8. The normalized spacial score (nSPS) is 40.1. The van der Waals surface area contributed by atoms with Crippen LogP contribution < -0.4 is 0 Å². The van der Waals surface area contributed by atoms with E-state index in [0.717, 1.165) is 0 Å². The van der Waals surface area contributed by atoms with Gasteiger partial charge in [0.1, 0.15) is 24.4 Å². The number of carbonyl (C=O) groups is 1. The molecule has 8 nitrogen and oxygen atoms in total. The van der Waals surface area contributed by atoms with E-state index in [2.05, 4.69) is 0 Å². The summed E-state index contributed by atoms with van der Waals surface area (Å²) in [6, 6.07) is 0. The summed E-state index contributed by atoms with van der Waals surface area (Å²) in [7, 11) is 0. The van der Waals surface area contributed by atoms with E-state index in [4.69, 9.17) is 14.6 Å². The van der Waals surface area contributed by atoms with Crippen LogP contribution in [0.15, 0.2) is 11.6 Å². The van der Waals surface area contributed by atoms with E-state index >= 15 is 0 Å². The molecule has 0 amide bonds. The number of carbonyl (C=O) groups excluding carboxylic acids is 1. The van der Waals surface area contributed by atoms with Crippen molar-refractivity contribution in [3.8, 4) is 0 Å². The van der Waals surface area contributed by atoms with E-state index in [1.165, 1.54) is 6.92 Å². The van der Waals surface area contributed by atoms with Crippen LogP contribution in [0.4, 0.5) is 0 Å². The number of allylic oxidation sites excluding steroid dienone is 2. The molecule has 1 fully saturated rings. The van der Waals surface area contributed by atoms with E-state index < -0.39 is 42.9 Å². The Morgan fingerprint density at radius 1 is 1.29 bits per heavy atom. The third-order valence-corrected chi connectivity index (χ3v) is 4.85. The van der Waals surface area contributed by atoms with E-state index in [-0.39, 0.29) is 24.7 Å². The molecule has 0 aromatic rings. The summed E-state index contributed by atoms with van der Waals surface area (Å²) in [4.78, 5) is 11.8. The summed E-state index contributed by atoms with van der Waals surface area (Å²) in [5.74, 6) is -0.363. The fraction of sp³-hybridized carbons (Fsp3) is 0.812. The minimum Gasteiger partial charge on any atom is -0.394 e. The highest BCUT2D eigenvalue weighted by Crippen LogP contribution is 2.31. The zero-order valence-electron chi connectivity index (χ0n) is 13.8. The van der Waals surface area contributed by atoms with Gasteiger partial charge in [-0.15, -0.1) is 0 Å². The van der Waals surface area contributed by atoms with Gasteiger partial charge in [0, 0.05) is 12.3 Å². The number of aliphatic hydroxyl groups is 5. The van der Waals surface area contributed by atoms with Crippen molar-refractivity contribution in [3.63, 3.8) is 0 Å². The van der Waals surface area contributed by atoms with Crippen molar-refractivity contribution in [2.75, 3.05) is 13.2 Å². The van der Waals surface area contributed by atoms with Crippen molar-refractivity contribution in [1.29, 1.82) is 0 Å².